The van der Waals surface area contributed by atoms with Gasteiger partial charge in [-0.2, -0.15) is 0 Å². The van der Waals surface area contributed by atoms with E-state index in [1.165, 1.54) is 4.90 Å². The molecule has 0 aliphatic heterocycles. The fourth-order valence-electron chi connectivity index (χ4n) is 1.18. The van der Waals surface area contributed by atoms with E-state index in [0.29, 0.717) is 5.84 Å². The van der Waals surface area contributed by atoms with Gasteiger partial charge in [0.05, 0.1) is 11.3 Å². The number of nitrogens with two attached hydrogens (primary N) is 1. The number of benzene rings is 1. The van der Waals surface area contributed by atoms with Gasteiger partial charge in [-0.1, -0.05) is 12.1 Å². The van der Waals surface area contributed by atoms with Gasteiger partial charge >= 0.3 is 0 Å². The highest BCUT2D eigenvalue weighted by molar-refractivity contribution is 9.10. The van der Waals surface area contributed by atoms with Crippen LogP contribution >= 0.6 is 27.7 Å². The molecule has 0 spiro atoms. The van der Waals surface area contributed by atoms with Gasteiger partial charge in [0.15, 0.2) is 0 Å². The molecule has 1 rings (SSSR count). The molecule has 0 radical (unpaired) electrons. The second-order valence-electron chi connectivity index (χ2n) is 4.49. The SMILES string of the molecule is CC(C)(C)N=C(N)CSc1ccccc1Br. The molecule has 0 bridgehead atoms. The Morgan fingerprint density at radius 1 is 1.38 bits per heavy atom. The standard InChI is InChI=1S/C12H17BrN2S/c1-12(2,3)15-11(14)8-16-10-7-5-4-6-9(10)13/h4-7H,8H2,1-3H3,(H2,14,15). The average molecular weight is 301 g/mol. The molecule has 2 nitrogen and oxygen atoms in total. The van der Waals surface area contributed by atoms with Crippen molar-refractivity contribution in [3.05, 3.63) is 28.7 Å². The van der Waals surface area contributed by atoms with E-state index in [2.05, 4.69) is 27.0 Å². The van der Waals surface area contributed by atoms with Crippen molar-refractivity contribution in [1.29, 1.82) is 0 Å². The molecule has 0 unspecified atom stereocenters. The van der Waals surface area contributed by atoms with Gasteiger partial charge in [0, 0.05) is 9.37 Å². The van der Waals surface area contributed by atoms with Gasteiger partial charge in [-0.3, -0.25) is 4.99 Å². The maximum atomic E-state index is 5.87. The van der Waals surface area contributed by atoms with Crippen molar-refractivity contribution in [3.8, 4) is 0 Å². The summed E-state index contributed by atoms with van der Waals surface area (Å²) < 4.78 is 1.10. The molecule has 1 aromatic carbocycles. The van der Waals surface area contributed by atoms with E-state index < -0.39 is 0 Å². The van der Waals surface area contributed by atoms with Crippen molar-refractivity contribution < 1.29 is 0 Å². The van der Waals surface area contributed by atoms with Crippen LogP contribution in [0.4, 0.5) is 0 Å². The Balaban J connectivity index is 2.59. The van der Waals surface area contributed by atoms with Crippen LogP contribution in [0.15, 0.2) is 38.6 Å². The van der Waals surface area contributed by atoms with Gasteiger partial charge in [0.1, 0.15) is 5.84 Å². The number of thioether (sulfide) groups is 1. The molecule has 0 saturated carbocycles. The Kier molecular flexibility index (Phi) is 4.87. The molecule has 16 heavy (non-hydrogen) atoms. The number of amidine groups is 1. The fourth-order valence-corrected chi connectivity index (χ4v) is 2.55. The van der Waals surface area contributed by atoms with E-state index in [1.807, 2.05) is 39.0 Å². The first kappa shape index (κ1) is 13.6. The van der Waals surface area contributed by atoms with Gasteiger partial charge < -0.3 is 5.73 Å². The quantitative estimate of drug-likeness (QED) is 0.525. The van der Waals surface area contributed by atoms with E-state index >= 15 is 0 Å². The molecule has 0 aliphatic carbocycles. The molecular formula is C12H17BrN2S. The second-order valence-corrected chi connectivity index (χ2v) is 6.36. The number of nitrogens with zero attached hydrogens (tertiary/aromatic N) is 1. The van der Waals surface area contributed by atoms with Crippen LogP contribution in [-0.4, -0.2) is 17.1 Å². The Morgan fingerprint density at radius 2 is 2.00 bits per heavy atom. The monoisotopic (exact) mass is 300 g/mol. The maximum absolute atomic E-state index is 5.87. The van der Waals surface area contributed by atoms with Gasteiger partial charge in [0.25, 0.3) is 0 Å². The highest BCUT2D eigenvalue weighted by Gasteiger charge is 2.08. The lowest BCUT2D eigenvalue weighted by Crippen LogP contribution is -2.22. The molecule has 1 aromatic rings. The van der Waals surface area contributed by atoms with Crippen molar-refractivity contribution >= 4 is 33.5 Å². The van der Waals surface area contributed by atoms with Crippen molar-refractivity contribution in [2.75, 3.05) is 5.75 Å². The smallest absolute Gasteiger partial charge is 0.105 e. The summed E-state index contributed by atoms with van der Waals surface area (Å²) in [4.78, 5) is 5.60. The molecule has 0 amide bonds. The van der Waals surface area contributed by atoms with E-state index in [-0.39, 0.29) is 5.54 Å². The molecule has 0 heterocycles. The van der Waals surface area contributed by atoms with Crippen molar-refractivity contribution in [2.24, 2.45) is 10.7 Å². The first-order chi connectivity index (χ1) is 7.38. The molecule has 0 aliphatic rings. The van der Waals surface area contributed by atoms with Crippen molar-refractivity contribution in [3.63, 3.8) is 0 Å². The van der Waals surface area contributed by atoms with Crippen LogP contribution in [0.5, 0.6) is 0 Å². The molecule has 4 heteroatoms. The normalized spacial score (nSPS) is 12.9. The Bertz CT molecular complexity index is 383. The molecule has 88 valence electrons. The van der Waals surface area contributed by atoms with E-state index in [9.17, 15) is 0 Å². The number of hydrogen-bond donors (Lipinski definition) is 1. The fraction of sp³-hybridized carbons (Fsp3) is 0.417. The Labute approximate surface area is 110 Å². The summed E-state index contributed by atoms with van der Waals surface area (Å²) in [5.74, 6) is 1.41. The summed E-state index contributed by atoms with van der Waals surface area (Å²) in [6.07, 6.45) is 0. The molecule has 0 aromatic heterocycles. The lowest BCUT2D eigenvalue weighted by Gasteiger charge is -2.13. The van der Waals surface area contributed by atoms with E-state index in [4.69, 9.17) is 5.73 Å². The Morgan fingerprint density at radius 3 is 2.56 bits per heavy atom. The first-order valence-corrected chi connectivity index (χ1v) is 6.88. The number of hydrogen-bond acceptors (Lipinski definition) is 2. The highest BCUT2D eigenvalue weighted by atomic mass is 79.9. The molecule has 0 atom stereocenters. The Hall–Kier alpha value is -0.480. The van der Waals surface area contributed by atoms with Crippen LogP contribution in [0.2, 0.25) is 0 Å². The summed E-state index contributed by atoms with van der Waals surface area (Å²) in [6, 6.07) is 8.11. The lowest BCUT2D eigenvalue weighted by atomic mass is 10.1. The summed E-state index contributed by atoms with van der Waals surface area (Å²) >= 11 is 5.20. The van der Waals surface area contributed by atoms with Crippen molar-refractivity contribution in [2.45, 2.75) is 31.2 Å². The minimum atomic E-state index is -0.0986. The minimum Gasteiger partial charge on any atom is -0.387 e. The molecule has 2 N–H and O–H groups in total. The van der Waals surface area contributed by atoms with Crippen LogP contribution in [0.25, 0.3) is 0 Å². The number of halogens is 1. The third-order valence-electron chi connectivity index (χ3n) is 1.69. The maximum Gasteiger partial charge on any atom is 0.105 e. The van der Waals surface area contributed by atoms with Crippen LogP contribution < -0.4 is 5.73 Å². The zero-order valence-electron chi connectivity index (χ0n) is 9.83. The minimum absolute atomic E-state index is 0.0986. The lowest BCUT2D eigenvalue weighted by molar-refractivity contribution is 0.583. The summed E-state index contributed by atoms with van der Waals surface area (Å²) in [6.45, 7) is 6.13. The van der Waals surface area contributed by atoms with Gasteiger partial charge in [0.2, 0.25) is 0 Å². The van der Waals surface area contributed by atoms with Gasteiger partial charge in [-0.15, -0.1) is 11.8 Å². The van der Waals surface area contributed by atoms with Gasteiger partial charge in [-0.25, -0.2) is 0 Å². The van der Waals surface area contributed by atoms with E-state index in [1.54, 1.807) is 11.8 Å². The summed E-state index contributed by atoms with van der Waals surface area (Å²) in [5, 5.41) is 0. The second kappa shape index (κ2) is 5.73. The predicted octanol–water partition coefficient (Wildman–Crippen LogP) is 3.70. The largest absolute Gasteiger partial charge is 0.387 e. The van der Waals surface area contributed by atoms with Crippen LogP contribution in [0.1, 0.15) is 20.8 Å². The van der Waals surface area contributed by atoms with Crippen LogP contribution in [0.3, 0.4) is 0 Å². The number of rotatable bonds is 3. The topological polar surface area (TPSA) is 38.4 Å². The third-order valence-corrected chi connectivity index (χ3v) is 3.75. The average Bonchev–Trinajstić information content (AvgIpc) is 2.14. The zero-order chi connectivity index (χ0) is 12.2. The predicted molar refractivity (Wildman–Crippen MR) is 76.2 cm³/mol. The highest BCUT2D eigenvalue weighted by Crippen LogP contribution is 2.26. The molecule has 0 saturated heterocycles. The van der Waals surface area contributed by atoms with Gasteiger partial charge in [-0.05, 0) is 48.8 Å². The molecular weight excluding hydrogens is 284 g/mol. The zero-order valence-corrected chi connectivity index (χ0v) is 12.2. The third kappa shape index (κ3) is 5.03. The van der Waals surface area contributed by atoms with Crippen molar-refractivity contribution in [1.82, 2.24) is 0 Å². The molecule has 0 fully saturated rings. The summed E-state index contributed by atoms with van der Waals surface area (Å²) in [7, 11) is 0. The van der Waals surface area contributed by atoms with Crippen LogP contribution in [0, 0.1) is 0 Å². The number of aliphatic imine (C=N–C) groups is 1. The van der Waals surface area contributed by atoms with E-state index in [0.717, 1.165) is 10.2 Å². The first-order valence-electron chi connectivity index (χ1n) is 5.10. The summed E-state index contributed by atoms with van der Waals surface area (Å²) in [5.41, 5.74) is 5.77. The van der Waals surface area contributed by atoms with Crippen LogP contribution in [-0.2, 0) is 0 Å².